The third-order valence-electron chi connectivity index (χ3n) is 3.11. The summed E-state index contributed by atoms with van der Waals surface area (Å²) in [4.78, 5) is 2.47. The summed E-state index contributed by atoms with van der Waals surface area (Å²) in [6, 6.07) is 10.7. The van der Waals surface area contributed by atoms with Gasteiger partial charge < -0.3 is 10.0 Å². The van der Waals surface area contributed by atoms with E-state index in [1.807, 2.05) is 0 Å². The first kappa shape index (κ1) is 14.2. The third-order valence-corrected chi connectivity index (χ3v) is 3.11. The molecule has 0 heterocycles. The van der Waals surface area contributed by atoms with Crippen LogP contribution in [-0.2, 0) is 6.42 Å². The molecule has 1 aromatic carbocycles. The van der Waals surface area contributed by atoms with Gasteiger partial charge in [0.05, 0.1) is 0 Å². The zero-order chi connectivity index (χ0) is 12.3. The topological polar surface area (TPSA) is 23.5 Å². The Kier molecular flexibility index (Phi) is 7.69. The van der Waals surface area contributed by atoms with Crippen LogP contribution in [0.1, 0.15) is 31.7 Å². The van der Waals surface area contributed by atoms with E-state index >= 15 is 0 Å². The minimum Gasteiger partial charge on any atom is -0.396 e. The highest BCUT2D eigenvalue weighted by Crippen LogP contribution is 2.04. The van der Waals surface area contributed by atoms with Gasteiger partial charge in [-0.05, 0) is 50.9 Å². The monoisotopic (exact) mass is 235 g/mol. The highest BCUT2D eigenvalue weighted by atomic mass is 16.2. The molecular formula is C15H25NO. The lowest BCUT2D eigenvalue weighted by Gasteiger charge is -2.19. The molecule has 1 aromatic rings. The first-order chi connectivity index (χ1) is 8.36. The van der Waals surface area contributed by atoms with Crippen molar-refractivity contribution in [3.8, 4) is 0 Å². The summed E-state index contributed by atoms with van der Waals surface area (Å²) in [6.07, 6.45) is 4.42. The Morgan fingerprint density at radius 1 is 1.00 bits per heavy atom. The third kappa shape index (κ3) is 6.44. The minimum absolute atomic E-state index is 0.321. The van der Waals surface area contributed by atoms with Crippen molar-refractivity contribution in [2.75, 3.05) is 26.2 Å². The molecule has 0 aliphatic carbocycles. The Hall–Kier alpha value is -0.860. The number of aliphatic hydroxyl groups excluding tert-OH is 1. The van der Waals surface area contributed by atoms with Crippen molar-refractivity contribution in [2.24, 2.45) is 0 Å². The molecule has 0 saturated carbocycles. The largest absolute Gasteiger partial charge is 0.396 e. The Labute approximate surface area is 105 Å². The van der Waals surface area contributed by atoms with Crippen molar-refractivity contribution < 1.29 is 5.11 Å². The van der Waals surface area contributed by atoms with Crippen molar-refractivity contribution in [2.45, 2.75) is 32.6 Å². The van der Waals surface area contributed by atoms with Crippen molar-refractivity contribution in [1.29, 1.82) is 0 Å². The number of rotatable bonds is 9. The summed E-state index contributed by atoms with van der Waals surface area (Å²) >= 11 is 0. The number of benzene rings is 1. The predicted octanol–water partition coefficient (Wildman–Crippen LogP) is 2.71. The van der Waals surface area contributed by atoms with Crippen molar-refractivity contribution in [3.05, 3.63) is 35.9 Å². The van der Waals surface area contributed by atoms with Crippen LogP contribution in [0.15, 0.2) is 30.3 Å². The number of nitrogens with zero attached hydrogens (tertiary/aromatic N) is 1. The normalized spacial score (nSPS) is 11.0. The molecule has 1 rings (SSSR count). The van der Waals surface area contributed by atoms with E-state index in [1.54, 1.807) is 0 Å². The Morgan fingerprint density at radius 3 is 2.35 bits per heavy atom. The van der Waals surface area contributed by atoms with Crippen LogP contribution in [0.2, 0.25) is 0 Å². The summed E-state index contributed by atoms with van der Waals surface area (Å²) in [5, 5.41) is 8.76. The average molecular weight is 235 g/mol. The van der Waals surface area contributed by atoms with Crippen LogP contribution in [0.5, 0.6) is 0 Å². The zero-order valence-corrected chi connectivity index (χ0v) is 10.9. The molecule has 96 valence electrons. The fraction of sp³-hybridized carbons (Fsp3) is 0.600. The van der Waals surface area contributed by atoms with Crippen molar-refractivity contribution in [1.82, 2.24) is 4.90 Å². The molecule has 0 aromatic heterocycles. The molecule has 2 nitrogen and oxygen atoms in total. The number of aliphatic hydroxyl groups is 1. The molecular weight excluding hydrogens is 210 g/mol. The molecule has 0 fully saturated rings. The van der Waals surface area contributed by atoms with Gasteiger partial charge in [0.15, 0.2) is 0 Å². The lowest BCUT2D eigenvalue weighted by Crippen LogP contribution is -2.26. The molecule has 0 aliphatic heterocycles. The van der Waals surface area contributed by atoms with Crippen LogP contribution in [0, 0.1) is 0 Å². The van der Waals surface area contributed by atoms with Gasteiger partial charge in [0.2, 0.25) is 0 Å². The van der Waals surface area contributed by atoms with E-state index in [-0.39, 0.29) is 0 Å². The van der Waals surface area contributed by atoms with Crippen molar-refractivity contribution >= 4 is 0 Å². The van der Waals surface area contributed by atoms with E-state index in [0.717, 1.165) is 38.9 Å². The van der Waals surface area contributed by atoms with E-state index < -0.39 is 0 Å². The number of aryl methyl sites for hydroxylation is 1. The molecule has 0 aliphatic rings. The van der Waals surface area contributed by atoms with E-state index in [9.17, 15) is 0 Å². The summed E-state index contributed by atoms with van der Waals surface area (Å²) in [5.74, 6) is 0. The van der Waals surface area contributed by atoms with Gasteiger partial charge in [-0.1, -0.05) is 37.3 Å². The number of hydrogen-bond donors (Lipinski definition) is 1. The minimum atomic E-state index is 0.321. The molecule has 0 bridgehead atoms. The fourth-order valence-electron chi connectivity index (χ4n) is 2.03. The van der Waals surface area contributed by atoms with Gasteiger partial charge in [0.25, 0.3) is 0 Å². The second-order valence-corrected chi connectivity index (χ2v) is 4.45. The van der Waals surface area contributed by atoms with Crippen LogP contribution in [0.25, 0.3) is 0 Å². The van der Waals surface area contributed by atoms with Crippen LogP contribution in [0.3, 0.4) is 0 Å². The maximum atomic E-state index is 8.76. The van der Waals surface area contributed by atoms with Gasteiger partial charge >= 0.3 is 0 Å². The van der Waals surface area contributed by atoms with Gasteiger partial charge in [-0.15, -0.1) is 0 Å². The number of unbranched alkanes of at least 4 members (excludes halogenated alkanes) is 1. The van der Waals surface area contributed by atoms with Gasteiger partial charge in [0, 0.05) is 6.61 Å². The van der Waals surface area contributed by atoms with E-state index in [2.05, 4.69) is 42.2 Å². The highest BCUT2D eigenvalue weighted by molar-refractivity contribution is 5.14. The summed E-state index contributed by atoms with van der Waals surface area (Å²) in [5.41, 5.74) is 1.43. The van der Waals surface area contributed by atoms with E-state index in [1.165, 1.54) is 12.0 Å². The zero-order valence-electron chi connectivity index (χ0n) is 10.9. The summed E-state index contributed by atoms with van der Waals surface area (Å²) in [7, 11) is 0. The molecule has 0 saturated heterocycles. The molecule has 17 heavy (non-hydrogen) atoms. The quantitative estimate of drug-likeness (QED) is 0.665. The van der Waals surface area contributed by atoms with Crippen LogP contribution in [-0.4, -0.2) is 36.2 Å². The molecule has 0 amide bonds. The first-order valence-electron chi connectivity index (χ1n) is 6.74. The van der Waals surface area contributed by atoms with Crippen LogP contribution >= 0.6 is 0 Å². The smallest absolute Gasteiger partial charge is 0.0431 e. The SMILES string of the molecule is CCN(CCCCO)CCCc1ccccc1. The second kappa shape index (κ2) is 9.20. The highest BCUT2D eigenvalue weighted by Gasteiger charge is 2.01. The summed E-state index contributed by atoms with van der Waals surface area (Å²) < 4.78 is 0. The molecule has 0 atom stereocenters. The number of hydrogen-bond acceptors (Lipinski definition) is 2. The maximum Gasteiger partial charge on any atom is 0.0431 e. The fourth-order valence-corrected chi connectivity index (χ4v) is 2.03. The van der Waals surface area contributed by atoms with Crippen LogP contribution in [0.4, 0.5) is 0 Å². The van der Waals surface area contributed by atoms with Crippen molar-refractivity contribution in [3.63, 3.8) is 0 Å². The summed E-state index contributed by atoms with van der Waals surface area (Å²) in [6.45, 7) is 5.92. The second-order valence-electron chi connectivity index (χ2n) is 4.45. The van der Waals surface area contributed by atoms with Crippen LogP contribution < -0.4 is 0 Å². The Morgan fingerprint density at radius 2 is 1.71 bits per heavy atom. The average Bonchev–Trinajstić information content (AvgIpc) is 2.38. The maximum absolute atomic E-state index is 8.76. The van der Waals surface area contributed by atoms with Gasteiger partial charge in [-0.3, -0.25) is 0 Å². The molecule has 0 unspecified atom stereocenters. The Bertz CT molecular complexity index is 274. The molecule has 2 heteroatoms. The first-order valence-corrected chi connectivity index (χ1v) is 6.74. The van der Waals surface area contributed by atoms with E-state index in [0.29, 0.717) is 6.61 Å². The standard InChI is InChI=1S/C15H25NO/c1-2-16(12-6-7-14-17)13-8-11-15-9-4-3-5-10-15/h3-5,9-10,17H,2,6-8,11-14H2,1H3. The molecule has 0 radical (unpaired) electrons. The lowest BCUT2D eigenvalue weighted by atomic mass is 10.1. The molecule has 1 N–H and O–H groups in total. The van der Waals surface area contributed by atoms with Gasteiger partial charge in [-0.2, -0.15) is 0 Å². The molecule has 0 spiro atoms. The Balaban J connectivity index is 2.15. The van der Waals surface area contributed by atoms with E-state index in [4.69, 9.17) is 5.11 Å². The predicted molar refractivity (Wildman–Crippen MR) is 73.2 cm³/mol. The van der Waals surface area contributed by atoms with Gasteiger partial charge in [-0.25, -0.2) is 0 Å². The van der Waals surface area contributed by atoms with Gasteiger partial charge in [0.1, 0.15) is 0 Å². The lowest BCUT2D eigenvalue weighted by molar-refractivity contribution is 0.246.